The molecule has 2 aromatic carbocycles. The SMILES string of the molecule is CN(Cc1cnn(-c2ccccc2)c1)C(=O)COc1ccc2c3c(c(=O)oc2c1)CCC3. The van der Waals surface area contributed by atoms with Gasteiger partial charge in [-0.15, -0.1) is 0 Å². The van der Waals surface area contributed by atoms with Crippen LogP contribution < -0.4 is 10.4 Å². The standard InChI is InChI=1S/C25H23N3O4/c1-27(14-17-13-26-28(15-17)18-6-3-2-4-7-18)24(29)16-31-19-10-11-21-20-8-5-9-22(20)25(30)32-23(21)12-19/h2-4,6-7,10-13,15H,5,8-9,14,16H2,1H3. The molecular formula is C25H23N3O4. The van der Waals surface area contributed by atoms with E-state index in [1.54, 1.807) is 28.9 Å². The van der Waals surface area contributed by atoms with Gasteiger partial charge in [0.1, 0.15) is 11.3 Å². The molecule has 1 aliphatic rings. The van der Waals surface area contributed by atoms with Crippen molar-refractivity contribution < 1.29 is 13.9 Å². The molecule has 1 amide bonds. The number of hydrogen-bond donors (Lipinski definition) is 0. The highest BCUT2D eigenvalue weighted by Gasteiger charge is 2.20. The molecule has 0 unspecified atom stereocenters. The molecule has 0 aliphatic heterocycles. The molecule has 0 saturated heterocycles. The van der Waals surface area contributed by atoms with Gasteiger partial charge in [0.15, 0.2) is 6.61 Å². The van der Waals surface area contributed by atoms with Crippen molar-refractivity contribution in [2.24, 2.45) is 0 Å². The van der Waals surface area contributed by atoms with Gasteiger partial charge in [0.05, 0.1) is 11.9 Å². The summed E-state index contributed by atoms with van der Waals surface area (Å²) < 4.78 is 13.0. The first-order valence-corrected chi connectivity index (χ1v) is 10.6. The van der Waals surface area contributed by atoms with Gasteiger partial charge >= 0.3 is 5.63 Å². The molecule has 0 N–H and O–H groups in total. The number of benzene rings is 2. The average molecular weight is 429 g/mol. The molecule has 0 radical (unpaired) electrons. The van der Waals surface area contributed by atoms with E-state index in [0.29, 0.717) is 17.9 Å². The minimum atomic E-state index is -0.269. The molecule has 2 aromatic heterocycles. The van der Waals surface area contributed by atoms with Crippen molar-refractivity contribution in [3.63, 3.8) is 0 Å². The minimum Gasteiger partial charge on any atom is -0.484 e. The van der Waals surface area contributed by atoms with Gasteiger partial charge < -0.3 is 14.1 Å². The third-order valence-electron chi connectivity index (χ3n) is 5.81. The lowest BCUT2D eigenvalue weighted by Crippen LogP contribution is -2.30. The maximum atomic E-state index is 12.6. The molecule has 162 valence electrons. The largest absolute Gasteiger partial charge is 0.484 e. The summed E-state index contributed by atoms with van der Waals surface area (Å²) in [6.07, 6.45) is 6.30. The summed E-state index contributed by atoms with van der Waals surface area (Å²) in [5.41, 5.74) is 3.99. The van der Waals surface area contributed by atoms with Crippen molar-refractivity contribution in [2.45, 2.75) is 25.8 Å². The molecule has 0 bridgehead atoms. The van der Waals surface area contributed by atoms with Crippen LogP contribution in [0.15, 0.2) is 70.1 Å². The summed E-state index contributed by atoms with van der Waals surface area (Å²) in [5, 5.41) is 5.31. The van der Waals surface area contributed by atoms with Crippen LogP contribution >= 0.6 is 0 Å². The van der Waals surface area contributed by atoms with Crippen molar-refractivity contribution in [2.75, 3.05) is 13.7 Å². The summed E-state index contributed by atoms with van der Waals surface area (Å²) in [4.78, 5) is 26.3. The fourth-order valence-corrected chi connectivity index (χ4v) is 4.13. The van der Waals surface area contributed by atoms with E-state index in [2.05, 4.69) is 5.10 Å². The Morgan fingerprint density at radius 1 is 1.16 bits per heavy atom. The molecule has 0 saturated carbocycles. The second-order valence-corrected chi connectivity index (χ2v) is 8.03. The first-order chi connectivity index (χ1) is 15.6. The Hall–Kier alpha value is -3.87. The Morgan fingerprint density at radius 3 is 2.81 bits per heavy atom. The predicted octanol–water partition coefficient (Wildman–Crippen LogP) is 3.50. The Balaban J connectivity index is 1.23. The number of rotatable bonds is 6. The molecule has 7 nitrogen and oxygen atoms in total. The Labute approximate surface area is 184 Å². The van der Waals surface area contributed by atoms with Gasteiger partial charge in [-0.3, -0.25) is 4.79 Å². The summed E-state index contributed by atoms with van der Waals surface area (Å²) in [7, 11) is 1.73. The molecule has 0 spiro atoms. The van der Waals surface area contributed by atoms with Crippen molar-refractivity contribution in [1.82, 2.24) is 14.7 Å². The number of aryl methyl sites for hydroxylation is 1. The van der Waals surface area contributed by atoms with Crippen LogP contribution in [0.4, 0.5) is 0 Å². The maximum Gasteiger partial charge on any atom is 0.339 e. The highest BCUT2D eigenvalue weighted by atomic mass is 16.5. The quantitative estimate of drug-likeness (QED) is 0.439. The van der Waals surface area contributed by atoms with Gasteiger partial charge in [-0.25, -0.2) is 9.48 Å². The Kier molecular flexibility index (Phi) is 5.23. The maximum absolute atomic E-state index is 12.6. The molecule has 32 heavy (non-hydrogen) atoms. The van der Waals surface area contributed by atoms with Crippen LogP contribution in [0, 0.1) is 0 Å². The van der Waals surface area contributed by atoms with Crippen LogP contribution in [0.2, 0.25) is 0 Å². The topological polar surface area (TPSA) is 77.6 Å². The zero-order valence-corrected chi connectivity index (χ0v) is 17.8. The predicted molar refractivity (Wildman–Crippen MR) is 120 cm³/mol. The van der Waals surface area contributed by atoms with Crippen molar-refractivity contribution in [1.29, 1.82) is 0 Å². The van der Waals surface area contributed by atoms with Crippen molar-refractivity contribution >= 4 is 16.9 Å². The lowest BCUT2D eigenvalue weighted by atomic mass is 10.1. The zero-order chi connectivity index (χ0) is 22.1. The molecule has 5 rings (SSSR count). The van der Waals surface area contributed by atoms with E-state index < -0.39 is 0 Å². The van der Waals surface area contributed by atoms with E-state index in [0.717, 1.165) is 47.0 Å². The molecule has 1 aliphatic carbocycles. The number of ether oxygens (including phenoxy) is 1. The summed E-state index contributed by atoms with van der Waals surface area (Å²) in [5.74, 6) is 0.338. The van der Waals surface area contributed by atoms with Crippen LogP contribution in [0.5, 0.6) is 5.75 Å². The Morgan fingerprint density at radius 2 is 1.97 bits per heavy atom. The normalized spacial score (nSPS) is 12.7. The number of fused-ring (bicyclic) bond motifs is 3. The Bertz CT molecular complexity index is 1340. The number of likely N-dealkylation sites (N-methyl/N-ethyl adjacent to an activating group) is 1. The summed E-state index contributed by atoms with van der Waals surface area (Å²) in [6, 6.07) is 15.2. The van der Waals surface area contributed by atoms with Crippen LogP contribution in [0.25, 0.3) is 16.7 Å². The number of carbonyl (C=O) groups excluding carboxylic acids is 1. The average Bonchev–Trinajstić information content (AvgIpc) is 3.48. The molecule has 0 atom stereocenters. The number of aromatic nitrogens is 2. The van der Waals surface area contributed by atoms with Gasteiger partial charge in [-0.2, -0.15) is 5.10 Å². The highest BCUT2D eigenvalue weighted by Crippen LogP contribution is 2.29. The summed E-state index contributed by atoms with van der Waals surface area (Å²) in [6.45, 7) is 0.317. The van der Waals surface area contributed by atoms with Gasteiger partial charge in [0.25, 0.3) is 5.91 Å². The molecule has 2 heterocycles. The zero-order valence-electron chi connectivity index (χ0n) is 17.8. The van der Waals surface area contributed by atoms with Crippen LogP contribution in [0.3, 0.4) is 0 Å². The van der Waals surface area contributed by atoms with Crippen molar-refractivity contribution in [3.8, 4) is 11.4 Å². The van der Waals surface area contributed by atoms with E-state index in [-0.39, 0.29) is 18.1 Å². The number of para-hydroxylation sites is 1. The van der Waals surface area contributed by atoms with Gasteiger partial charge in [-0.05, 0) is 49.1 Å². The van der Waals surface area contributed by atoms with Gasteiger partial charge in [0, 0.05) is 42.4 Å². The van der Waals surface area contributed by atoms with Crippen LogP contribution in [-0.2, 0) is 24.2 Å². The number of hydrogen-bond acceptors (Lipinski definition) is 5. The monoisotopic (exact) mass is 429 g/mol. The van der Waals surface area contributed by atoms with Crippen LogP contribution in [-0.4, -0.2) is 34.2 Å². The van der Waals surface area contributed by atoms with Gasteiger partial charge in [0.2, 0.25) is 0 Å². The smallest absolute Gasteiger partial charge is 0.339 e. The highest BCUT2D eigenvalue weighted by molar-refractivity contribution is 5.83. The fourth-order valence-electron chi connectivity index (χ4n) is 4.13. The number of amides is 1. The third-order valence-corrected chi connectivity index (χ3v) is 5.81. The number of carbonyl (C=O) groups is 1. The molecule has 4 aromatic rings. The first-order valence-electron chi connectivity index (χ1n) is 10.6. The van der Waals surface area contributed by atoms with Gasteiger partial charge in [-0.1, -0.05) is 18.2 Å². The molecule has 7 heteroatoms. The lowest BCUT2D eigenvalue weighted by Gasteiger charge is -2.16. The van der Waals surface area contributed by atoms with Crippen LogP contribution in [0.1, 0.15) is 23.1 Å². The lowest BCUT2D eigenvalue weighted by molar-refractivity contribution is -0.132. The van der Waals surface area contributed by atoms with Crippen molar-refractivity contribution in [3.05, 3.63) is 88.0 Å². The molecule has 0 fully saturated rings. The third kappa shape index (κ3) is 3.89. The second-order valence-electron chi connectivity index (χ2n) is 8.03. The van der Waals surface area contributed by atoms with E-state index >= 15 is 0 Å². The van der Waals surface area contributed by atoms with E-state index in [9.17, 15) is 9.59 Å². The summed E-state index contributed by atoms with van der Waals surface area (Å²) >= 11 is 0. The fraction of sp³-hybridized carbons (Fsp3) is 0.240. The second kappa shape index (κ2) is 8.34. The molecular weight excluding hydrogens is 406 g/mol. The van der Waals surface area contributed by atoms with E-state index in [1.165, 1.54) is 0 Å². The minimum absolute atomic E-state index is 0.107. The number of nitrogens with zero attached hydrogens (tertiary/aromatic N) is 3. The van der Waals surface area contributed by atoms with E-state index in [1.807, 2.05) is 48.7 Å². The van der Waals surface area contributed by atoms with E-state index in [4.69, 9.17) is 9.15 Å². The first kappa shape index (κ1) is 20.1.